The summed E-state index contributed by atoms with van der Waals surface area (Å²) in [6.07, 6.45) is 2.22. The summed E-state index contributed by atoms with van der Waals surface area (Å²) in [6, 6.07) is 10.3. The van der Waals surface area contributed by atoms with Crippen LogP contribution in [0.1, 0.15) is 18.4 Å². The average Bonchev–Trinajstić information content (AvgIpc) is 3.03. The van der Waals surface area contributed by atoms with E-state index in [9.17, 15) is 9.59 Å². The summed E-state index contributed by atoms with van der Waals surface area (Å²) in [5.41, 5.74) is 1.34. The summed E-state index contributed by atoms with van der Waals surface area (Å²) in [7, 11) is 2.18. The van der Waals surface area contributed by atoms with Gasteiger partial charge in [0.15, 0.2) is 0 Å². The Morgan fingerprint density at radius 1 is 1.20 bits per heavy atom. The van der Waals surface area contributed by atoms with E-state index in [0.717, 1.165) is 39.0 Å². The van der Waals surface area contributed by atoms with Crippen molar-refractivity contribution in [2.24, 2.45) is 5.92 Å². The van der Waals surface area contributed by atoms with Gasteiger partial charge in [-0.05, 0) is 44.5 Å². The molecule has 2 saturated heterocycles. The van der Waals surface area contributed by atoms with Crippen molar-refractivity contribution >= 4 is 11.9 Å². The normalized spacial score (nSPS) is 19.4. The van der Waals surface area contributed by atoms with Gasteiger partial charge in [-0.3, -0.25) is 14.6 Å². The van der Waals surface area contributed by atoms with Crippen molar-refractivity contribution in [1.29, 1.82) is 0 Å². The molecule has 0 unspecified atom stereocenters. The minimum atomic E-state index is -0.248. The van der Waals surface area contributed by atoms with Gasteiger partial charge in [-0.15, -0.1) is 0 Å². The zero-order valence-corrected chi connectivity index (χ0v) is 15.0. The zero-order chi connectivity index (χ0) is 17.6. The Morgan fingerprint density at radius 2 is 1.92 bits per heavy atom. The van der Waals surface area contributed by atoms with Crippen LogP contribution in [0.5, 0.6) is 0 Å². The van der Waals surface area contributed by atoms with Crippen LogP contribution in [0.3, 0.4) is 0 Å². The third-order valence-corrected chi connectivity index (χ3v) is 5.09. The second-order valence-corrected chi connectivity index (χ2v) is 7.18. The highest BCUT2D eigenvalue weighted by molar-refractivity contribution is 5.96. The number of urea groups is 1. The van der Waals surface area contributed by atoms with Crippen LogP contribution in [0.25, 0.3) is 0 Å². The molecular formula is C19H28N4O2. The van der Waals surface area contributed by atoms with Gasteiger partial charge in [-0.25, -0.2) is 4.79 Å². The highest BCUT2D eigenvalue weighted by Gasteiger charge is 2.29. The maximum atomic E-state index is 12.2. The minimum Gasteiger partial charge on any atom is -0.336 e. The van der Waals surface area contributed by atoms with Crippen molar-refractivity contribution in [3.05, 3.63) is 35.9 Å². The Morgan fingerprint density at radius 3 is 2.56 bits per heavy atom. The van der Waals surface area contributed by atoms with E-state index in [0.29, 0.717) is 25.6 Å². The molecule has 0 spiro atoms. The number of nitrogens with one attached hydrogen (secondary N) is 1. The van der Waals surface area contributed by atoms with Crippen LogP contribution < -0.4 is 5.32 Å². The number of amides is 3. The number of nitrogens with zero attached hydrogens (tertiary/aromatic N) is 3. The molecule has 0 aliphatic carbocycles. The third kappa shape index (κ3) is 5.03. The molecule has 2 aliphatic heterocycles. The molecule has 0 atom stereocenters. The molecule has 0 bridgehead atoms. The maximum Gasteiger partial charge on any atom is 0.324 e. The van der Waals surface area contributed by atoms with Crippen molar-refractivity contribution in [3.63, 3.8) is 0 Å². The Hall–Kier alpha value is -1.92. The quantitative estimate of drug-likeness (QED) is 0.847. The van der Waals surface area contributed by atoms with Gasteiger partial charge in [0.2, 0.25) is 5.91 Å². The van der Waals surface area contributed by atoms with Gasteiger partial charge in [-0.2, -0.15) is 0 Å². The van der Waals surface area contributed by atoms with E-state index < -0.39 is 0 Å². The van der Waals surface area contributed by atoms with Gasteiger partial charge in [-0.1, -0.05) is 30.3 Å². The molecule has 6 nitrogen and oxygen atoms in total. The lowest BCUT2D eigenvalue weighted by molar-refractivity contribution is -0.129. The van der Waals surface area contributed by atoms with Gasteiger partial charge in [0, 0.05) is 26.2 Å². The Kier molecular flexibility index (Phi) is 6.04. The first kappa shape index (κ1) is 17.9. The molecule has 1 N–H and O–H groups in total. The standard InChI is InChI=1S/C19H28N4O2/c1-21(13-16-5-3-2-4-6-16)14-17-7-10-22(11-8-17)15-18(24)23-12-9-20-19(23)25/h2-6,17H,7-15H2,1H3,(H,20,25). The number of piperidine rings is 1. The van der Waals surface area contributed by atoms with Crippen molar-refractivity contribution in [3.8, 4) is 0 Å². The number of carbonyl (C=O) groups excluding carboxylic acids is 2. The second kappa shape index (κ2) is 8.45. The van der Waals surface area contributed by atoms with Gasteiger partial charge in [0.1, 0.15) is 0 Å². The van der Waals surface area contributed by atoms with E-state index in [4.69, 9.17) is 0 Å². The van der Waals surface area contributed by atoms with E-state index in [1.54, 1.807) is 0 Å². The Labute approximate surface area is 149 Å². The van der Waals surface area contributed by atoms with Gasteiger partial charge in [0.05, 0.1) is 6.54 Å². The van der Waals surface area contributed by atoms with Crippen LogP contribution in [-0.4, -0.2) is 73.0 Å². The summed E-state index contributed by atoms with van der Waals surface area (Å²) in [5, 5.41) is 2.68. The number of imide groups is 1. The maximum absolute atomic E-state index is 12.2. The highest BCUT2D eigenvalue weighted by Crippen LogP contribution is 2.19. The molecule has 3 rings (SSSR count). The van der Waals surface area contributed by atoms with Crippen LogP contribution in [-0.2, 0) is 11.3 Å². The van der Waals surface area contributed by atoms with Crippen molar-refractivity contribution < 1.29 is 9.59 Å². The monoisotopic (exact) mass is 344 g/mol. The molecule has 1 aromatic carbocycles. The molecule has 2 heterocycles. The number of carbonyl (C=O) groups is 2. The molecule has 25 heavy (non-hydrogen) atoms. The molecule has 0 aromatic heterocycles. The number of likely N-dealkylation sites (tertiary alicyclic amines) is 1. The average molecular weight is 344 g/mol. The molecule has 2 aliphatic rings. The Bertz CT molecular complexity index is 584. The molecule has 0 radical (unpaired) electrons. The van der Waals surface area contributed by atoms with E-state index in [2.05, 4.69) is 46.4 Å². The first-order valence-corrected chi connectivity index (χ1v) is 9.15. The number of benzene rings is 1. The number of hydrogen-bond acceptors (Lipinski definition) is 4. The lowest BCUT2D eigenvalue weighted by Gasteiger charge is -2.34. The van der Waals surface area contributed by atoms with Crippen LogP contribution >= 0.6 is 0 Å². The largest absolute Gasteiger partial charge is 0.336 e. The lowest BCUT2D eigenvalue weighted by Crippen LogP contribution is -2.45. The first-order valence-electron chi connectivity index (χ1n) is 9.15. The molecular weight excluding hydrogens is 316 g/mol. The van der Waals surface area contributed by atoms with Crippen molar-refractivity contribution in [1.82, 2.24) is 20.0 Å². The van der Waals surface area contributed by atoms with E-state index in [1.807, 2.05) is 6.07 Å². The van der Waals surface area contributed by atoms with E-state index in [1.165, 1.54) is 10.5 Å². The molecule has 3 amide bonds. The van der Waals surface area contributed by atoms with Crippen molar-refractivity contribution in [2.75, 3.05) is 46.3 Å². The van der Waals surface area contributed by atoms with E-state index in [-0.39, 0.29) is 11.9 Å². The van der Waals surface area contributed by atoms with Crippen LogP contribution in [0, 0.1) is 5.92 Å². The van der Waals surface area contributed by atoms with Crippen LogP contribution in [0.4, 0.5) is 4.79 Å². The summed E-state index contributed by atoms with van der Waals surface area (Å²) in [5.74, 6) is 0.602. The first-order chi connectivity index (χ1) is 12.1. The van der Waals surface area contributed by atoms with Crippen LogP contribution in [0.2, 0.25) is 0 Å². The lowest BCUT2D eigenvalue weighted by atomic mass is 9.96. The topological polar surface area (TPSA) is 55.9 Å². The summed E-state index contributed by atoms with van der Waals surface area (Å²) < 4.78 is 0. The second-order valence-electron chi connectivity index (χ2n) is 7.18. The van der Waals surface area contributed by atoms with Crippen LogP contribution in [0.15, 0.2) is 30.3 Å². The molecule has 1 aromatic rings. The SMILES string of the molecule is CN(Cc1ccccc1)CC1CCN(CC(=O)N2CCNC2=O)CC1. The van der Waals surface area contributed by atoms with Gasteiger partial charge in [0.25, 0.3) is 0 Å². The predicted octanol–water partition coefficient (Wildman–Crippen LogP) is 1.38. The fraction of sp³-hybridized carbons (Fsp3) is 0.579. The Balaban J connectivity index is 1.38. The zero-order valence-electron chi connectivity index (χ0n) is 15.0. The molecule has 6 heteroatoms. The minimum absolute atomic E-state index is 0.0744. The fourth-order valence-electron chi connectivity index (χ4n) is 3.71. The fourth-order valence-corrected chi connectivity index (χ4v) is 3.71. The van der Waals surface area contributed by atoms with Crippen molar-refractivity contribution in [2.45, 2.75) is 19.4 Å². The van der Waals surface area contributed by atoms with E-state index >= 15 is 0 Å². The summed E-state index contributed by atoms with van der Waals surface area (Å²) >= 11 is 0. The number of rotatable bonds is 6. The van der Waals surface area contributed by atoms with Gasteiger partial charge >= 0.3 is 6.03 Å². The summed E-state index contributed by atoms with van der Waals surface area (Å²) in [4.78, 5) is 29.7. The van der Waals surface area contributed by atoms with Gasteiger partial charge < -0.3 is 10.2 Å². The molecule has 0 saturated carbocycles. The summed E-state index contributed by atoms with van der Waals surface area (Å²) in [6.45, 7) is 5.36. The molecule has 2 fully saturated rings. The third-order valence-electron chi connectivity index (χ3n) is 5.09. The highest BCUT2D eigenvalue weighted by atomic mass is 16.2. The molecule has 136 valence electrons. The number of hydrogen-bond donors (Lipinski definition) is 1. The predicted molar refractivity (Wildman–Crippen MR) is 97.1 cm³/mol. The smallest absolute Gasteiger partial charge is 0.324 e.